The Labute approximate surface area is 116 Å². The summed E-state index contributed by atoms with van der Waals surface area (Å²) in [7, 11) is 0. The number of rotatable bonds is 5. The maximum absolute atomic E-state index is 11.6. The lowest BCUT2D eigenvalue weighted by Crippen LogP contribution is -2.15. The van der Waals surface area contributed by atoms with Gasteiger partial charge in [-0.2, -0.15) is 0 Å². The Morgan fingerprint density at radius 2 is 1.80 bits per heavy atom. The van der Waals surface area contributed by atoms with E-state index in [0.29, 0.717) is 0 Å². The second kappa shape index (κ2) is 6.97. The third-order valence-corrected chi connectivity index (χ3v) is 2.81. The number of carbonyl (C=O) groups excluding carboxylic acids is 1. The van der Waals surface area contributed by atoms with Gasteiger partial charge in [-0.3, -0.25) is 4.79 Å². The molecule has 0 spiro atoms. The van der Waals surface area contributed by atoms with E-state index in [4.69, 9.17) is 5.53 Å². The SMILES string of the molecule is [N-]=[N+]=NCC(=O)Nc1ccccc1Cc1ccccc1. The first-order valence-electron chi connectivity index (χ1n) is 6.22. The highest BCUT2D eigenvalue weighted by Crippen LogP contribution is 2.19. The molecule has 0 aliphatic heterocycles. The highest BCUT2D eigenvalue weighted by atomic mass is 16.1. The molecule has 0 radical (unpaired) electrons. The number of para-hydroxylation sites is 1. The van der Waals surface area contributed by atoms with Gasteiger partial charge in [0.2, 0.25) is 5.91 Å². The Morgan fingerprint density at radius 3 is 2.55 bits per heavy atom. The molecule has 100 valence electrons. The van der Waals surface area contributed by atoms with Gasteiger partial charge >= 0.3 is 0 Å². The van der Waals surface area contributed by atoms with Crippen molar-refractivity contribution in [1.82, 2.24) is 0 Å². The zero-order valence-corrected chi connectivity index (χ0v) is 10.9. The molecule has 20 heavy (non-hydrogen) atoms. The van der Waals surface area contributed by atoms with Crippen LogP contribution in [0.5, 0.6) is 0 Å². The second-order valence-corrected chi connectivity index (χ2v) is 4.26. The van der Waals surface area contributed by atoms with E-state index in [-0.39, 0.29) is 12.5 Å². The number of amides is 1. The molecule has 0 unspecified atom stereocenters. The normalized spacial score (nSPS) is 9.60. The Kier molecular flexibility index (Phi) is 4.76. The smallest absolute Gasteiger partial charge is 0.230 e. The van der Waals surface area contributed by atoms with Gasteiger partial charge in [0.25, 0.3) is 0 Å². The molecule has 5 heteroatoms. The van der Waals surface area contributed by atoms with Crippen LogP contribution in [0.15, 0.2) is 59.7 Å². The lowest BCUT2D eigenvalue weighted by atomic mass is 10.0. The summed E-state index contributed by atoms with van der Waals surface area (Å²) < 4.78 is 0. The summed E-state index contributed by atoms with van der Waals surface area (Å²) in [4.78, 5) is 14.2. The molecule has 0 bridgehead atoms. The molecule has 2 rings (SSSR count). The molecule has 0 aromatic heterocycles. The summed E-state index contributed by atoms with van der Waals surface area (Å²) in [5.74, 6) is -0.316. The fourth-order valence-electron chi connectivity index (χ4n) is 1.90. The zero-order valence-electron chi connectivity index (χ0n) is 10.9. The predicted octanol–water partition coefficient (Wildman–Crippen LogP) is 3.53. The van der Waals surface area contributed by atoms with E-state index in [0.717, 1.165) is 17.7 Å². The maximum Gasteiger partial charge on any atom is 0.230 e. The third-order valence-electron chi connectivity index (χ3n) is 2.81. The van der Waals surface area contributed by atoms with Crippen LogP contribution in [-0.2, 0) is 11.2 Å². The van der Waals surface area contributed by atoms with Crippen molar-refractivity contribution in [2.75, 3.05) is 11.9 Å². The first kappa shape index (κ1) is 13.6. The lowest BCUT2D eigenvalue weighted by Gasteiger charge is -2.10. The molecule has 0 aliphatic carbocycles. The summed E-state index contributed by atoms with van der Waals surface area (Å²) in [6.45, 7) is -0.198. The molecule has 0 saturated carbocycles. The van der Waals surface area contributed by atoms with Crippen molar-refractivity contribution in [3.8, 4) is 0 Å². The molecule has 5 nitrogen and oxygen atoms in total. The van der Waals surface area contributed by atoms with Crippen LogP contribution in [0.4, 0.5) is 5.69 Å². The number of benzene rings is 2. The number of carbonyl (C=O) groups is 1. The van der Waals surface area contributed by atoms with E-state index >= 15 is 0 Å². The molecule has 0 atom stereocenters. The number of hydrogen-bond donors (Lipinski definition) is 1. The quantitative estimate of drug-likeness (QED) is 0.501. The number of nitrogens with one attached hydrogen (secondary N) is 1. The first-order chi connectivity index (χ1) is 9.79. The molecule has 2 aromatic rings. The minimum atomic E-state index is -0.316. The summed E-state index contributed by atoms with van der Waals surface area (Å²) in [6, 6.07) is 17.6. The van der Waals surface area contributed by atoms with E-state index < -0.39 is 0 Å². The Balaban J connectivity index is 2.14. The van der Waals surface area contributed by atoms with E-state index in [9.17, 15) is 4.79 Å². The topological polar surface area (TPSA) is 77.9 Å². The third kappa shape index (κ3) is 3.86. The number of hydrogen-bond acceptors (Lipinski definition) is 2. The fraction of sp³-hybridized carbons (Fsp3) is 0.133. The molecule has 1 N–H and O–H groups in total. The number of anilines is 1. The van der Waals surface area contributed by atoms with Crippen LogP contribution >= 0.6 is 0 Å². The standard InChI is InChI=1S/C15H14N4O/c16-19-17-11-15(20)18-14-9-5-4-8-13(14)10-12-6-2-1-3-7-12/h1-9H,10-11H2,(H,18,20). The molecule has 0 fully saturated rings. The van der Waals surface area contributed by atoms with Crippen LogP contribution in [0.25, 0.3) is 10.4 Å². The second-order valence-electron chi connectivity index (χ2n) is 4.26. The molecular weight excluding hydrogens is 252 g/mol. The summed E-state index contributed by atoms with van der Waals surface area (Å²) in [5.41, 5.74) is 11.1. The van der Waals surface area contributed by atoms with Crippen LogP contribution in [0.2, 0.25) is 0 Å². The Bertz CT molecular complexity index is 633. The summed E-state index contributed by atoms with van der Waals surface area (Å²) in [6.07, 6.45) is 0.735. The first-order valence-corrected chi connectivity index (χ1v) is 6.22. The van der Waals surface area contributed by atoms with Crippen molar-refractivity contribution in [2.24, 2.45) is 5.11 Å². The molecule has 0 aliphatic rings. The van der Waals surface area contributed by atoms with E-state index in [1.54, 1.807) is 0 Å². The average Bonchev–Trinajstić information content (AvgIpc) is 2.48. The zero-order chi connectivity index (χ0) is 14.2. The van der Waals surface area contributed by atoms with E-state index in [1.807, 2.05) is 54.6 Å². The van der Waals surface area contributed by atoms with Crippen molar-refractivity contribution >= 4 is 11.6 Å². The molecular formula is C15H14N4O. The average molecular weight is 266 g/mol. The minimum absolute atomic E-state index is 0.198. The molecule has 0 saturated heterocycles. The van der Waals surface area contributed by atoms with Gasteiger partial charge in [0.15, 0.2) is 0 Å². The van der Waals surface area contributed by atoms with Gasteiger partial charge in [0.1, 0.15) is 6.54 Å². The van der Waals surface area contributed by atoms with Gasteiger partial charge in [-0.05, 0) is 29.1 Å². The van der Waals surface area contributed by atoms with Gasteiger partial charge in [-0.1, -0.05) is 53.6 Å². The monoisotopic (exact) mass is 266 g/mol. The van der Waals surface area contributed by atoms with Gasteiger partial charge < -0.3 is 5.32 Å². The summed E-state index contributed by atoms with van der Waals surface area (Å²) >= 11 is 0. The molecule has 0 heterocycles. The van der Waals surface area contributed by atoms with Gasteiger partial charge in [0, 0.05) is 10.6 Å². The fourth-order valence-corrected chi connectivity index (χ4v) is 1.90. The van der Waals surface area contributed by atoms with Crippen molar-refractivity contribution in [2.45, 2.75) is 6.42 Å². The van der Waals surface area contributed by atoms with Crippen LogP contribution in [0.1, 0.15) is 11.1 Å². The molecule has 1 amide bonds. The van der Waals surface area contributed by atoms with Crippen LogP contribution in [-0.4, -0.2) is 12.5 Å². The van der Waals surface area contributed by atoms with Crippen LogP contribution in [0, 0.1) is 0 Å². The Morgan fingerprint density at radius 1 is 1.10 bits per heavy atom. The van der Waals surface area contributed by atoms with E-state index in [1.165, 1.54) is 5.56 Å². The largest absolute Gasteiger partial charge is 0.326 e. The van der Waals surface area contributed by atoms with Gasteiger partial charge in [-0.15, -0.1) is 0 Å². The number of azide groups is 1. The van der Waals surface area contributed by atoms with Gasteiger partial charge in [0.05, 0.1) is 0 Å². The molecule has 2 aromatic carbocycles. The van der Waals surface area contributed by atoms with E-state index in [2.05, 4.69) is 15.3 Å². The van der Waals surface area contributed by atoms with Crippen LogP contribution in [0.3, 0.4) is 0 Å². The Hall–Kier alpha value is -2.78. The highest BCUT2D eigenvalue weighted by molar-refractivity contribution is 5.93. The highest BCUT2D eigenvalue weighted by Gasteiger charge is 2.06. The van der Waals surface area contributed by atoms with Crippen LogP contribution < -0.4 is 5.32 Å². The van der Waals surface area contributed by atoms with Crippen molar-refractivity contribution < 1.29 is 4.79 Å². The minimum Gasteiger partial charge on any atom is -0.326 e. The maximum atomic E-state index is 11.6. The van der Waals surface area contributed by atoms with Crippen molar-refractivity contribution in [1.29, 1.82) is 0 Å². The number of nitrogens with zero attached hydrogens (tertiary/aromatic N) is 3. The predicted molar refractivity (Wildman–Crippen MR) is 78.3 cm³/mol. The van der Waals surface area contributed by atoms with Crippen molar-refractivity contribution in [3.63, 3.8) is 0 Å². The van der Waals surface area contributed by atoms with Gasteiger partial charge in [-0.25, -0.2) is 0 Å². The van der Waals surface area contributed by atoms with Crippen molar-refractivity contribution in [3.05, 3.63) is 76.2 Å². The lowest BCUT2D eigenvalue weighted by molar-refractivity contribution is -0.114. The summed E-state index contributed by atoms with van der Waals surface area (Å²) in [5, 5.41) is 6.01.